The summed E-state index contributed by atoms with van der Waals surface area (Å²) in [6.07, 6.45) is 1.64. The van der Waals surface area contributed by atoms with Crippen molar-refractivity contribution in [3.63, 3.8) is 0 Å². The molecule has 0 atom stereocenters. The third-order valence-corrected chi connectivity index (χ3v) is 4.04. The second kappa shape index (κ2) is 6.15. The van der Waals surface area contributed by atoms with Gasteiger partial charge in [-0.15, -0.1) is 0 Å². The predicted molar refractivity (Wildman–Crippen MR) is 91.0 cm³/mol. The van der Waals surface area contributed by atoms with Crippen molar-refractivity contribution in [3.8, 4) is 0 Å². The van der Waals surface area contributed by atoms with Crippen LogP contribution in [0.4, 0.5) is 5.69 Å². The number of benzene rings is 2. The standard InChI is InChI=1S/C17H13BrN2O2/c18-14-7-3-4-8-15(14)19-16(21)11-20-10-9-12-5-1-2-6-13(12)17(20)22/h1-10H,11H2,(H,19,21). The number of nitrogens with zero attached hydrogens (tertiary/aromatic N) is 1. The maximum Gasteiger partial charge on any atom is 0.258 e. The second-order valence-corrected chi connectivity index (χ2v) is 5.72. The molecule has 0 aliphatic rings. The molecule has 4 nitrogen and oxygen atoms in total. The summed E-state index contributed by atoms with van der Waals surface area (Å²) in [7, 11) is 0. The van der Waals surface area contributed by atoms with Crippen LogP contribution in [0.2, 0.25) is 0 Å². The lowest BCUT2D eigenvalue weighted by atomic mass is 10.2. The Morgan fingerprint density at radius 1 is 1.05 bits per heavy atom. The fourth-order valence-corrected chi connectivity index (χ4v) is 2.65. The molecule has 1 aromatic heterocycles. The Hall–Kier alpha value is -2.40. The van der Waals surface area contributed by atoms with Gasteiger partial charge in [0.05, 0.1) is 5.69 Å². The van der Waals surface area contributed by atoms with E-state index in [0.717, 1.165) is 9.86 Å². The van der Waals surface area contributed by atoms with Gasteiger partial charge in [0.1, 0.15) is 6.54 Å². The smallest absolute Gasteiger partial charge is 0.258 e. The molecule has 0 saturated carbocycles. The van der Waals surface area contributed by atoms with Crippen molar-refractivity contribution in [1.82, 2.24) is 4.57 Å². The average Bonchev–Trinajstić information content (AvgIpc) is 2.53. The first-order valence-electron chi connectivity index (χ1n) is 6.78. The number of rotatable bonds is 3. The van der Waals surface area contributed by atoms with Crippen LogP contribution in [-0.4, -0.2) is 10.5 Å². The molecule has 0 unspecified atom stereocenters. The van der Waals surface area contributed by atoms with Gasteiger partial charge in [0.2, 0.25) is 5.91 Å². The highest BCUT2D eigenvalue weighted by Gasteiger charge is 2.08. The lowest BCUT2D eigenvalue weighted by Crippen LogP contribution is -2.27. The maximum absolute atomic E-state index is 12.4. The molecule has 0 radical (unpaired) electrons. The van der Waals surface area contributed by atoms with Crippen LogP contribution in [-0.2, 0) is 11.3 Å². The quantitative estimate of drug-likeness (QED) is 0.781. The van der Waals surface area contributed by atoms with Crippen molar-refractivity contribution in [1.29, 1.82) is 0 Å². The molecule has 0 aliphatic carbocycles. The van der Waals surface area contributed by atoms with E-state index in [2.05, 4.69) is 21.2 Å². The molecule has 1 heterocycles. The zero-order chi connectivity index (χ0) is 15.5. The van der Waals surface area contributed by atoms with Gasteiger partial charge in [-0.05, 0) is 45.6 Å². The average molecular weight is 357 g/mol. The van der Waals surface area contributed by atoms with E-state index in [1.807, 2.05) is 42.5 Å². The summed E-state index contributed by atoms with van der Waals surface area (Å²) in [5.74, 6) is -0.246. The molecular weight excluding hydrogens is 344 g/mol. The zero-order valence-electron chi connectivity index (χ0n) is 11.6. The highest BCUT2D eigenvalue weighted by molar-refractivity contribution is 9.10. The van der Waals surface area contributed by atoms with Gasteiger partial charge in [-0.1, -0.05) is 30.3 Å². The first-order chi connectivity index (χ1) is 10.6. The Morgan fingerprint density at radius 3 is 2.59 bits per heavy atom. The normalized spacial score (nSPS) is 10.6. The summed E-state index contributed by atoms with van der Waals surface area (Å²) in [5.41, 5.74) is 0.515. The van der Waals surface area contributed by atoms with E-state index in [4.69, 9.17) is 0 Å². The van der Waals surface area contributed by atoms with Gasteiger partial charge < -0.3 is 9.88 Å². The lowest BCUT2D eigenvalue weighted by Gasteiger charge is -2.09. The van der Waals surface area contributed by atoms with Gasteiger partial charge in [0, 0.05) is 16.1 Å². The number of nitrogens with one attached hydrogen (secondary N) is 1. The number of hydrogen-bond donors (Lipinski definition) is 1. The van der Waals surface area contributed by atoms with E-state index >= 15 is 0 Å². The van der Waals surface area contributed by atoms with E-state index in [1.54, 1.807) is 18.3 Å². The SMILES string of the molecule is O=C(Cn1ccc2ccccc2c1=O)Nc1ccccc1Br. The zero-order valence-corrected chi connectivity index (χ0v) is 13.2. The van der Waals surface area contributed by atoms with E-state index in [9.17, 15) is 9.59 Å². The van der Waals surface area contributed by atoms with Crippen LogP contribution in [0.25, 0.3) is 10.8 Å². The minimum Gasteiger partial charge on any atom is -0.324 e. The van der Waals surface area contributed by atoms with Crippen molar-refractivity contribution in [3.05, 3.63) is 75.6 Å². The Kier molecular flexibility index (Phi) is 4.06. The highest BCUT2D eigenvalue weighted by Crippen LogP contribution is 2.21. The van der Waals surface area contributed by atoms with Crippen molar-refractivity contribution in [2.45, 2.75) is 6.54 Å². The van der Waals surface area contributed by atoms with Gasteiger partial charge in [0.25, 0.3) is 5.56 Å². The molecular formula is C17H13BrN2O2. The summed E-state index contributed by atoms with van der Waals surface area (Å²) >= 11 is 3.37. The molecule has 0 spiro atoms. The van der Waals surface area contributed by atoms with Gasteiger partial charge in [-0.3, -0.25) is 9.59 Å². The Morgan fingerprint density at radius 2 is 1.77 bits per heavy atom. The predicted octanol–water partition coefficient (Wildman–Crippen LogP) is 3.40. The molecule has 3 aromatic rings. The maximum atomic E-state index is 12.4. The molecule has 0 saturated heterocycles. The topological polar surface area (TPSA) is 51.1 Å². The van der Waals surface area contributed by atoms with E-state index in [0.29, 0.717) is 11.1 Å². The largest absolute Gasteiger partial charge is 0.324 e. The minimum atomic E-state index is -0.246. The fourth-order valence-electron chi connectivity index (χ4n) is 2.26. The van der Waals surface area contributed by atoms with Crippen LogP contribution in [0.15, 0.2) is 70.1 Å². The van der Waals surface area contributed by atoms with Crippen molar-refractivity contribution < 1.29 is 4.79 Å². The number of carbonyl (C=O) groups excluding carboxylic acids is 1. The highest BCUT2D eigenvalue weighted by atomic mass is 79.9. The van der Waals surface area contributed by atoms with E-state index in [1.165, 1.54) is 4.57 Å². The molecule has 0 fully saturated rings. The van der Waals surface area contributed by atoms with Crippen LogP contribution in [0, 0.1) is 0 Å². The van der Waals surface area contributed by atoms with Crippen LogP contribution >= 0.6 is 15.9 Å². The molecule has 1 amide bonds. The summed E-state index contributed by atoms with van der Waals surface area (Å²) in [4.78, 5) is 24.5. The van der Waals surface area contributed by atoms with E-state index < -0.39 is 0 Å². The number of anilines is 1. The van der Waals surface area contributed by atoms with Crippen LogP contribution in [0.5, 0.6) is 0 Å². The van der Waals surface area contributed by atoms with Gasteiger partial charge in [-0.25, -0.2) is 0 Å². The number of pyridine rings is 1. The fraction of sp³-hybridized carbons (Fsp3) is 0.0588. The molecule has 110 valence electrons. The molecule has 0 aliphatic heterocycles. The summed E-state index contributed by atoms with van der Waals surface area (Å²) in [6.45, 7) is -0.0228. The van der Waals surface area contributed by atoms with Gasteiger partial charge in [0.15, 0.2) is 0 Å². The first kappa shape index (κ1) is 14.5. The lowest BCUT2D eigenvalue weighted by molar-refractivity contribution is -0.116. The number of carbonyl (C=O) groups is 1. The number of fused-ring (bicyclic) bond motifs is 1. The minimum absolute atomic E-state index is 0.0228. The van der Waals surface area contributed by atoms with Crippen LogP contribution in [0.3, 0.4) is 0 Å². The van der Waals surface area contributed by atoms with Crippen molar-refractivity contribution >= 4 is 38.3 Å². The number of aromatic nitrogens is 1. The Labute approximate surface area is 135 Å². The first-order valence-corrected chi connectivity index (χ1v) is 7.57. The summed E-state index contributed by atoms with van der Waals surface area (Å²) < 4.78 is 2.21. The third kappa shape index (κ3) is 2.94. The Bertz CT molecular complexity index is 902. The molecule has 5 heteroatoms. The molecule has 1 N–H and O–H groups in total. The molecule has 2 aromatic carbocycles. The Balaban J connectivity index is 1.84. The monoisotopic (exact) mass is 356 g/mol. The molecule has 3 rings (SSSR count). The molecule has 22 heavy (non-hydrogen) atoms. The third-order valence-electron chi connectivity index (χ3n) is 3.35. The van der Waals surface area contributed by atoms with Gasteiger partial charge >= 0.3 is 0 Å². The van der Waals surface area contributed by atoms with Gasteiger partial charge in [-0.2, -0.15) is 0 Å². The summed E-state index contributed by atoms with van der Waals surface area (Å²) in [5, 5.41) is 4.27. The van der Waals surface area contributed by atoms with Crippen molar-refractivity contribution in [2.75, 3.05) is 5.32 Å². The summed E-state index contributed by atoms with van der Waals surface area (Å²) in [6, 6.07) is 16.5. The number of para-hydroxylation sites is 1. The van der Waals surface area contributed by atoms with E-state index in [-0.39, 0.29) is 18.0 Å². The van der Waals surface area contributed by atoms with Crippen LogP contribution < -0.4 is 10.9 Å². The number of halogens is 1. The van der Waals surface area contributed by atoms with Crippen molar-refractivity contribution in [2.24, 2.45) is 0 Å². The number of amides is 1. The molecule has 0 bridgehead atoms. The second-order valence-electron chi connectivity index (χ2n) is 4.86. The van der Waals surface area contributed by atoms with Crippen LogP contribution in [0.1, 0.15) is 0 Å². The number of hydrogen-bond acceptors (Lipinski definition) is 2.